The Balaban J connectivity index is 1.86. The lowest BCUT2D eigenvalue weighted by molar-refractivity contribution is -0.122. The van der Waals surface area contributed by atoms with Crippen molar-refractivity contribution < 1.29 is 18.3 Å². The molecule has 1 N–H and O–H groups in total. The molecule has 0 aliphatic rings. The second-order valence-electron chi connectivity index (χ2n) is 6.04. The molecule has 0 radical (unpaired) electrons. The summed E-state index contributed by atoms with van der Waals surface area (Å²) in [6.07, 6.45) is 0. The van der Waals surface area contributed by atoms with Crippen LogP contribution in [0.15, 0.2) is 53.0 Å². The molecule has 0 saturated carbocycles. The fraction of sp³-hybridized carbons (Fsp3) is 0.316. The lowest BCUT2D eigenvalue weighted by Crippen LogP contribution is -2.36. The first-order chi connectivity index (χ1) is 12.3. The van der Waals surface area contributed by atoms with E-state index in [1.807, 2.05) is 36.1 Å². The molecule has 0 bridgehead atoms. The quantitative estimate of drug-likeness (QED) is 0.681. The molecule has 4 nitrogen and oxygen atoms in total. The van der Waals surface area contributed by atoms with Crippen LogP contribution in [0.3, 0.4) is 0 Å². The third-order valence-corrected chi connectivity index (χ3v) is 4.27. The maximum atomic E-state index is 12.3. The number of likely N-dealkylation sites (N-methyl/N-ethyl adjacent to an activating group) is 1. The zero-order valence-electron chi connectivity index (χ0n) is 14.6. The van der Waals surface area contributed by atoms with Crippen LogP contribution in [0.1, 0.15) is 24.1 Å². The molecule has 7 heteroatoms. The van der Waals surface area contributed by atoms with Gasteiger partial charge < -0.3 is 10.1 Å². The van der Waals surface area contributed by atoms with Crippen LogP contribution in [0.5, 0.6) is 5.75 Å². The SMILES string of the molecule is CC(NC(=O)CN(C)Cc1cccc(OC(F)F)c1)c1ccc(Br)cc1. The van der Waals surface area contributed by atoms with Crippen molar-refractivity contribution in [2.75, 3.05) is 13.6 Å². The molecule has 2 aromatic carbocycles. The van der Waals surface area contributed by atoms with Gasteiger partial charge >= 0.3 is 6.61 Å². The minimum Gasteiger partial charge on any atom is -0.435 e. The second-order valence-corrected chi connectivity index (χ2v) is 6.95. The van der Waals surface area contributed by atoms with Gasteiger partial charge in [-0.25, -0.2) is 0 Å². The van der Waals surface area contributed by atoms with E-state index in [9.17, 15) is 13.6 Å². The van der Waals surface area contributed by atoms with Gasteiger partial charge in [0.15, 0.2) is 0 Å². The van der Waals surface area contributed by atoms with E-state index in [1.54, 1.807) is 25.2 Å². The van der Waals surface area contributed by atoms with Crippen molar-refractivity contribution in [3.63, 3.8) is 0 Å². The minimum absolute atomic E-state index is 0.105. The van der Waals surface area contributed by atoms with Gasteiger partial charge in [-0.2, -0.15) is 8.78 Å². The number of nitrogens with zero attached hydrogens (tertiary/aromatic N) is 1. The van der Waals surface area contributed by atoms with Gasteiger partial charge in [-0.1, -0.05) is 40.2 Å². The third kappa shape index (κ3) is 6.72. The van der Waals surface area contributed by atoms with Crippen LogP contribution in [0, 0.1) is 0 Å². The van der Waals surface area contributed by atoms with Crippen LogP contribution < -0.4 is 10.1 Å². The predicted octanol–water partition coefficient (Wildman–Crippen LogP) is 4.36. The summed E-state index contributed by atoms with van der Waals surface area (Å²) in [7, 11) is 1.80. The van der Waals surface area contributed by atoms with Crippen molar-refractivity contribution in [2.45, 2.75) is 26.1 Å². The van der Waals surface area contributed by atoms with E-state index in [0.717, 1.165) is 15.6 Å². The number of halogens is 3. The molecule has 0 aromatic heterocycles. The summed E-state index contributed by atoms with van der Waals surface area (Å²) in [6.45, 7) is -0.290. The number of benzene rings is 2. The molecule has 0 saturated heterocycles. The molecular weight excluding hydrogens is 406 g/mol. The van der Waals surface area contributed by atoms with E-state index in [1.165, 1.54) is 6.07 Å². The highest BCUT2D eigenvalue weighted by atomic mass is 79.9. The van der Waals surface area contributed by atoms with Gasteiger partial charge in [0.1, 0.15) is 5.75 Å². The molecule has 0 fully saturated rings. The smallest absolute Gasteiger partial charge is 0.387 e. The largest absolute Gasteiger partial charge is 0.435 e. The van der Waals surface area contributed by atoms with E-state index in [0.29, 0.717) is 6.54 Å². The summed E-state index contributed by atoms with van der Waals surface area (Å²) >= 11 is 3.38. The lowest BCUT2D eigenvalue weighted by atomic mass is 10.1. The second kappa shape index (κ2) is 9.64. The highest BCUT2D eigenvalue weighted by molar-refractivity contribution is 9.10. The standard InChI is InChI=1S/C19H21BrF2N2O2/c1-13(15-6-8-16(20)9-7-15)23-18(25)12-24(2)11-14-4-3-5-17(10-14)26-19(21)22/h3-10,13,19H,11-12H2,1-2H3,(H,23,25). The zero-order valence-corrected chi connectivity index (χ0v) is 16.2. The summed E-state index contributed by atoms with van der Waals surface area (Å²) < 4.78 is 29.9. The van der Waals surface area contributed by atoms with Crippen molar-refractivity contribution in [2.24, 2.45) is 0 Å². The summed E-state index contributed by atoms with van der Waals surface area (Å²) in [5.41, 5.74) is 1.81. The first kappa shape index (κ1) is 20.3. The minimum atomic E-state index is -2.85. The molecule has 2 rings (SSSR count). The van der Waals surface area contributed by atoms with E-state index in [4.69, 9.17) is 0 Å². The summed E-state index contributed by atoms with van der Waals surface area (Å²) in [4.78, 5) is 14.0. The molecule has 0 heterocycles. The van der Waals surface area contributed by atoms with E-state index in [-0.39, 0.29) is 24.2 Å². The van der Waals surface area contributed by atoms with Crippen LogP contribution in [0.4, 0.5) is 8.78 Å². The van der Waals surface area contributed by atoms with Crippen LogP contribution in [0.25, 0.3) is 0 Å². The molecule has 1 unspecified atom stereocenters. The fourth-order valence-electron chi connectivity index (χ4n) is 2.55. The average molecular weight is 427 g/mol. The van der Waals surface area contributed by atoms with Gasteiger partial charge in [0.25, 0.3) is 0 Å². The Labute approximate surface area is 160 Å². The molecule has 2 aromatic rings. The number of hydrogen-bond acceptors (Lipinski definition) is 3. The molecule has 0 aliphatic carbocycles. The number of nitrogens with one attached hydrogen (secondary N) is 1. The fourth-order valence-corrected chi connectivity index (χ4v) is 2.82. The number of carbonyl (C=O) groups excluding carboxylic acids is 1. The van der Waals surface area contributed by atoms with E-state index in [2.05, 4.69) is 26.0 Å². The van der Waals surface area contributed by atoms with Crippen LogP contribution in [-0.2, 0) is 11.3 Å². The Morgan fingerprint density at radius 2 is 1.92 bits per heavy atom. The van der Waals surface area contributed by atoms with Crippen LogP contribution in [-0.4, -0.2) is 31.0 Å². The first-order valence-corrected chi connectivity index (χ1v) is 8.90. The molecule has 1 atom stereocenters. The van der Waals surface area contributed by atoms with Crippen molar-refractivity contribution in [3.05, 3.63) is 64.1 Å². The summed E-state index contributed by atoms with van der Waals surface area (Å²) in [5.74, 6) is 0.00196. The number of carbonyl (C=O) groups is 1. The van der Waals surface area contributed by atoms with Crippen molar-refractivity contribution in [1.82, 2.24) is 10.2 Å². The van der Waals surface area contributed by atoms with Gasteiger partial charge in [0.05, 0.1) is 12.6 Å². The van der Waals surface area contributed by atoms with Gasteiger partial charge in [-0.05, 0) is 49.4 Å². The Morgan fingerprint density at radius 3 is 2.58 bits per heavy atom. The molecule has 0 aliphatic heterocycles. The van der Waals surface area contributed by atoms with Crippen LogP contribution >= 0.6 is 15.9 Å². The van der Waals surface area contributed by atoms with Gasteiger partial charge in [0.2, 0.25) is 5.91 Å². The summed E-state index contributed by atoms with van der Waals surface area (Å²) in [5, 5.41) is 2.95. The predicted molar refractivity (Wildman–Crippen MR) is 100 cm³/mol. The molecule has 140 valence electrons. The molecule has 26 heavy (non-hydrogen) atoms. The highest BCUT2D eigenvalue weighted by Gasteiger charge is 2.12. The van der Waals surface area contributed by atoms with Crippen LogP contribution in [0.2, 0.25) is 0 Å². The zero-order chi connectivity index (χ0) is 19.1. The molecule has 0 spiro atoms. The Hall–Kier alpha value is -1.99. The van der Waals surface area contributed by atoms with Gasteiger partial charge in [0, 0.05) is 11.0 Å². The lowest BCUT2D eigenvalue weighted by Gasteiger charge is -2.19. The normalized spacial score (nSPS) is 12.3. The highest BCUT2D eigenvalue weighted by Crippen LogP contribution is 2.18. The monoisotopic (exact) mass is 426 g/mol. The number of rotatable bonds is 8. The topological polar surface area (TPSA) is 41.6 Å². The van der Waals surface area contributed by atoms with Gasteiger partial charge in [-0.3, -0.25) is 9.69 Å². The third-order valence-electron chi connectivity index (χ3n) is 3.74. The van der Waals surface area contributed by atoms with E-state index >= 15 is 0 Å². The number of ether oxygens (including phenoxy) is 1. The number of amides is 1. The van der Waals surface area contributed by atoms with Crippen molar-refractivity contribution in [1.29, 1.82) is 0 Å². The Kier molecular flexibility index (Phi) is 7.53. The van der Waals surface area contributed by atoms with Crippen molar-refractivity contribution in [3.8, 4) is 5.75 Å². The average Bonchev–Trinajstić information content (AvgIpc) is 2.54. The number of hydrogen-bond donors (Lipinski definition) is 1. The Bertz CT molecular complexity index is 726. The van der Waals surface area contributed by atoms with Gasteiger partial charge in [-0.15, -0.1) is 0 Å². The maximum absolute atomic E-state index is 12.3. The maximum Gasteiger partial charge on any atom is 0.387 e. The Morgan fingerprint density at radius 1 is 1.23 bits per heavy atom. The molecule has 1 amide bonds. The van der Waals surface area contributed by atoms with Crippen molar-refractivity contribution >= 4 is 21.8 Å². The molecular formula is C19H21BrF2N2O2. The first-order valence-electron chi connectivity index (χ1n) is 8.10. The summed E-state index contributed by atoms with van der Waals surface area (Å²) in [6, 6.07) is 14.1. The number of alkyl halides is 2. The van der Waals surface area contributed by atoms with E-state index < -0.39 is 6.61 Å².